The van der Waals surface area contributed by atoms with Crippen molar-refractivity contribution < 1.29 is 4.52 Å². The fraction of sp³-hybridized carbons (Fsp3) is 0.158. The minimum atomic E-state index is 0.678. The van der Waals surface area contributed by atoms with E-state index in [1.807, 2.05) is 44.3 Å². The van der Waals surface area contributed by atoms with E-state index in [9.17, 15) is 0 Å². The average molecular weight is 338 g/mol. The van der Waals surface area contributed by atoms with E-state index in [0.717, 1.165) is 33.6 Å². The molecule has 24 heavy (non-hydrogen) atoms. The summed E-state index contributed by atoms with van der Waals surface area (Å²) >= 11 is 6.45. The van der Waals surface area contributed by atoms with E-state index < -0.39 is 0 Å². The van der Waals surface area contributed by atoms with Gasteiger partial charge in [0.2, 0.25) is 0 Å². The van der Waals surface area contributed by atoms with Gasteiger partial charge in [0, 0.05) is 29.9 Å². The quantitative estimate of drug-likeness (QED) is 0.528. The summed E-state index contributed by atoms with van der Waals surface area (Å²) in [6.45, 7) is 4.55. The maximum atomic E-state index is 6.45. The number of halogens is 1. The Morgan fingerprint density at radius 1 is 1.12 bits per heavy atom. The summed E-state index contributed by atoms with van der Waals surface area (Å²) < 4.78 is 7.35. The van der Waals surface area contributed by atoms with Crippen LogP contribution in [0.2, 0.25) is 5.15 Å². The van der Waals surface area contributed by atoms with Crippen LogP contribution in [-0.4, -0.2) is 14.7 Å². The summed E-state index contributed by atoms with van der Waals surface area (Å²) in [6.07, 6.45) is 1.85. The Balaban J connectivity index is 1.85. The van der Waals surface area contributed by atoms with Gasteiger partial charge in [-0.25, -0.2) is 0 Å². The van der Waals surface area contributed by atoms with E-state index in [4.69, 9.17) is 16.1 Å². The van der Waals surface area contributed by atoms with E-state index in [-0.39, 0.29) is 0 Å². The van der Waals surface area contributed by atoms with Crippen LogP contribution in [0.5, 0.6) is 0 Å². The molecule has 0 aliphatic carbocycles. The van der Waals surface area contributed by atoms with E-state index >= 15 is 0 Å². The van der Waals surface area contributed by atoms with Crippen LogP contribution in [0, 0.1) is 13.8 Å². The van der Waals surface area contributed by atoms with E-state index in [0.29, 0.717) is 11.7 Å². The lowest BCUT2D eigenvalue weighted by Crippen LogP contribution is -1.99. The van der Waals surface area contributed by atoms with Crippen molar-refractivity contribution in [2.24, 2.45) is 0 Å². The number of nitrogens with zero attached hydrogens (tertiary/aromatic N) is 3. The Hall–Kier alpha value is -2.59. The molecule has 0 bridgehead atoms. The second-order valence-electron chi connectivity index (χ2n) is 5.87. The van der Waals surface area contributed by atoms with E-state index in [1.165, 1.54) is 5.56 Å². The smallest absolute Gasteiger partial charge is 0.141 e. The number of aromatic nitrogens is 3. The van der Waals surface area contributed by atoms with Crippen molar-refractivity contribution in [1.82, 2.24) is 14.7 Å². The van der Waals surface area contributed by atoms with Crippen molar-refractivity contribution in [3.8, 4) is 11.1 Å². The highest BCUT2D eigenvalue weighted by Gasteiger charge is 2.15. The molecule has 5 heteroatoms. The molecule has 4 aromatic rings. The molecule has 0 aliphatic rings. The molecule has 0 radical (unpaired) electrons. The lowest BCUT2D eigenvalue weighted by Gasteiger charge is -2.08. The molecule has 3 aromatic heterocycles. The predicted molar refractivity (Wildman–Crippen MR) is 95.3 cm³/mol. The number of fused-ring (bicyclic) bond motifs is 1. The lowest BCUT2D eigenvalue weighted by atomic mass is 10.1. The molecule has 0 saturated heterocycles. The Kier molecular flexibility index (Phi) is 3.62. The SMILES string of the molecule is Cc1noc(C)c1-c1cnc2cc(Cl)n(Cc3ccccc3)c2c1. The third kappa shape index (κ3) is 2.49. The molecule has 0 N–H and O–H groups in total. The summed E-state index contributed by atoms with van der Waals surface area (Å²) in [6, 6.07) is 14.3. The lowest BCUT2D eigenvalue weighted by molar-refractivity contribution is 0.393. The third-order valence-corrected chi connectivity index (χ3v) is 4.52. The standard InChI is InChI=1S/C19H16ClN3O/c1-12-19(13(2)24-22-12)15-8-17-16(21-10-15)9-18(20)23(17)11-14-6-4-3-5-7-14/h3-10H,11H2,1-2H3. The van der Waals surface area contributed by atoms with E-state index in [1.54, 1.807) is 0 Å². The average Bonchev–Trinajstić information content (AvgIpc) is 3.08. The Labute approximate surface area is 144 Å². The molecule has 0 spiro atoms. The van der Waals surface area contributed by atoms with Crippen LogP contribution in [0.25, 0.3) is 22.2 Å². The van der Waals surface area contributed by atoms with Crippen LogP contribution in [0.15, 0.2) is 53.2 Å². The van der Waals surface area contributed by atoms with Crippen LogP contribution in [-0.2, 0) is 6.54 Å². The second-order valence-corrected chi connectivity index (χ2v) is 6.25. The maximum absolute atomic E-state index is 6.45. The minimum Gasteiger partial charge on any atom is -0.361 e. The van der Waals surface area contributed by atoms with Gasteiger partial charge >= 0.3 is 0 Å². The van der Waals surface area contributed by atoms with Gasteiger partial charge in [0.15, 0.2) is 0 Å². The molecule has 0 fully saturated rings. The fourth-order valence-electron chi connectivity index (χ4n) is 3.06. The van der Waals surface area contributed by atoms with Crippen LogP contribution in [0.4, 0.5) is 0 Å². The number of benzene rings is 1. The zero-order valence-corrected chi connectivity index (χ0v) is 14.2. The summed E-state index contributed by atoms with van der Waals surface area (Å²) in [5, 5.41) is 4.71. The molecule has 0 aliphatic heterocycles. The Morgan fingerprint density at radius 2 is 1.92 bits per heavy atom. The highest BCUT2D eigenvalue weighted by molar-refractivity contribution is 6.30. The van der Waals surface area contributed by atoms with Crippen LogP contribution in [0.3, 0.4) is 0 Å². The maximum Gasteiger partial charge on any atom is 0.141 e. The van der Waals surface area contributed by atoms with Crippen LogP contribution < -0.4 is 0 Å². The van der Waals surface area contributed by atoms with Crippen LogP contribution in [0.1, 0.15) is 17.0 Å². The molecule has 0 saturated carbocycles. The second kappa shape index (κ2) is 5.80. The highest BCUT2D eigenvalue weighted by atomic mass is 35.5. The third-order valence-electron chi connectivity index (χ3n) is 4.21. The molecule has 4 rings (SSSR count). The molecule has 120 valence electrons. The largest absolute Gasteiger partial charge is 0.361 e. The summed E-state index contributed by atoms with van der Waals surface area (Å²) in [4.78, 5) is 4.57. The first-order valence-corrected chi connectivity index (χ1v) is 8.13. The molecular formula is C19H16ClN3O. The van der Waals surface area contributed by atoms with Gasteiger partial charge in [0.25, 0.3) is 0 Å². The molecule has 1 aromatic carbocycles. The van der Waals surface area contributed by atoms with Crippen LogP contribution >= 0.6 is 11.6 Å². The molecule has 3 heterocycles. The van der Waals surface area contributed by atoms with Crippen molar-refractivity contribution in [3.63, 3.8) is 0 Å². The summed E-state index contributed by atoms with van der Waals surface area (Å²) in [5.41, 5.74) is 5.92. The zero-order valence-electron chi connectivity index (χ0n) is 13.5. The number of hydrogen-bond acceptors (Lipinski definition) is 3. The number of pyridine rings is 1. The van der Waals surface area contributed by atoms with E-state index in [2.05, 4.69) is 32.9 Å². The molecule has 4 nitrogen and oxygen atoms in total. The van der Waals surface area contributed by atoms with Gasteiger partial charge < -0.3 is 9.09 Å². The summed E-state index contributed by atoms with van der Waals surface area (Å²) in [5.74, 6) is 0.793. The number of hydrogen-bond donors (Lipinski definition) is 0. The first kappa shape index (κ1) is 15.0. The zero-order chi connectivity index (χ0) is 16.7. The van der Waals surface area contributed by atoms with Crippen molar-refractivity contribution in [2.75, 3.05) is 0 Å². The number of aryl methyl sites for hydroxylation is 2. The molecule has 0 atom stereocenters. The predicted octanol–water partition coefficient (Wildman–Crippen LogP) is 5.01. The van der Waals surface area contributed by atoms with Gasteiger partial charge in [-0.3, -0.25) is 4.98 Å². The first-order valence-electron chi connectivity index (χ1n) is 7.75. The summed E-state index contributed by atoms with van der Waals surface area (Å²) in [7, 11) is 0. The molecule has 0 amide bonds. The molecule has 0 unspecified atom stereocenters. The Bertz CT molecular complexity index is 998. The first-order chi connectivity index (χ1) is 11.6. The van der Waals surface area contributed by atoms with Gasteiger partial charge in [-0.1, -0.05) is 47.1 Å². The van der Waals surface area contributed by atoms with Crippen molar-refractivity contribution >= 4 is 22.6 Å². The van der Waals surface area contributed by atoms with Gasteiger partial charge in [0.05, 0.1) is 16.7 Å². The highest BCUT2D eigenvalue weighted by Crippen LogP contribution is 2.31. The van der Waals surface area contributed by atoms with Gasteiger partial charge in [-0.05, 0) is 25.5 Å². The minimum absolute atomic E-state index is 0.678. The fourth-order valence-corrected chi connectivity index (χ4v) is 3.31. The van der Waals surface area contributed by atoms with Crippen molar-refractivity contribution in [1.29, 1.82) is 0 Å². The van der Waals surface area contributed by atoms with Crippen molar-refractivity contribution in [3.05, 3.63) is 70.8 Å². The van der Waals surface area contributed by atoms with Gasteiger partial charge in [-0.15, -0.1) is 0 Å². The van der Waals surface area contributed by atoms with Gasteiger partial charge in [0.1, 0.15) is 10.9 Å². The number of rotatable bonds is 3. The van der Waals surface area contributed by atoms with Crippen molar-refractivity contribution in [2.45, 2.75) is 20.4 Å². The topological polar surface area (TPSA) is 43.9 Å². The monoisotopic (exact) mass is 337 g/mol. The Morgan fingerprint density at radius 3 is 2.62 bits per heavy atom. The van der Waals surface area contributed by atoms with Gasteiger partial charge in [-0.2, -0.15) is 0 Å². The molecular weight excluding hydrogens is 322 g/mol. The normalized spacial score (nSPS) is 11.3.